The van der Waals surface area contributed by atoms with Crippen molar-refractivity contribution >= 4 is 22.8 Å². The van der Waals surface area contributed by atoms with Gasteiger partial charge in [-0.2, -0.15) is 0 Å². The van der Waals surface area contributed by atoms with Gasteiger partial charge in [0.25, 0.3) is 0 Å². The Kier molecular flexibility index (Phi) is 4.11. The molecule has 0 spiro atoms. The van der Waals surface area contributed by atoms with E-state index in [1.54, 1.807) is 6.08 Å². The SMILES string of the molecule is CN1C(=CC(=O)Cn2c(-c3cccs3)noc2=O)C(C)(C)c2ccccc21. The molecule has 138 valence electrons. The van der Waals surface area contributed by atoms with E-state index in [2.05, 4.69) is 25.1 Å². The number of nitrogens with zero attached hydrogens (tertiary/aromatic N) is 3. The lowest BCUT2D eigenvalue weighted by Gasteiger charge is -2.24. The van der Waals surface area contributed by atoms with Gasteiger partial charge in [-0.1, -0.05) is 43.3 Å². The summed E-state index contributed by atoms with van der Waals surface area (Å²) in [5.41, 5.74) is 2.86. The molecule has 0 N–H and O–H groups in total. The second-order valence-electron chi connectivity index (χ2n) is 7.03. The molecule has 0 saturated heterocycles. The maximum atomic E-state index is 12.8. The molecule has 1 aromatic carbocycles. The van der Waals surface area contributed by atoms with Crippen molar-refractivity contribution in [2.24, 2.45) is 0 Å². The van der Waals surface area contributed by atoms with Gasteiger partial charge in [0, 0.05) is 29.9 Å². The number of anilines is 1. The fourth-order valence-corrected chi connectivity index (χ4v) is 4.32. The van der Waals surface area contributed by atoms with E-state index in [1.807, 2.05) is 47.7 Å². The molecule has 27 heavy (non-hydrogen) atoms. The minimum absolute atomic E-state index is 0.112. The van der Waals surface area contributed by atoms with Crippen LogP contribution in [0.2, 0.25) is 0 Å². The fraction of sp³-hybridized carbons (Fsp3) is 0.250. The molecule has 6 nitrogen and oxygen atoms in total. The Labute approximate surface area is 160 Å². The van der Waals surface area contributed by atoms with Crippen molar-refractivity contribution in [3.8, 4) is 10.7 Å². The number of fused-ring (bicyclic) bond motifs is 1. The number of aromatic nitrogens is 2. The summed E-state index contributed by atoms with van der Waals surface area (Å²) in [5, 5.41) is 5.71. The number of benzene rings is 1. The molecule has 0 amide bonds. The zero-order valence-electron chi connectivity index (χ0n) is 15.3. The molecule has 0 saturated carbocycles. The van der Waals surface area contributed by atoms with E-state index in [-0.39, 0.29) is 17.7 Å². The summed E-state index contributed by atoms with van der Waals surface area (Å²) in [6.07, 6.45) is 1.62. The number of hydrogen-bond donors (Lipinski definition) is 0. The first-order valence-electron chi connectivity index (χ1n) is 8.58. The molecule has 3 heterocycles. The molecular formula is C20H19N3O3S. The van der Waals surface area contributed by atoms with Gasteiger partial charge in [-0.15, -0.1) is 11.3 Å². The third-order valence-electron chi connectivity index (χ3n) is 4.98. The predicted molar refractivity (Wildman–Crippen MR) is 105 cm³/mol. The van der Waals surface area contributed by atoms with E-state index in [0.717, 1.165) is 16.3 Å². The highest BCUT2D eigenvalue weighted by Gasteiger charge is 2.38. The van der Waals surface area contributed by atoms with Crippen molar-refractivity contribution in [2.45, 2.75) is 25.8 Å². The standard InChI is InChI=1S/C20H19N3O3S/c1-20(2)14-7-4-5-8-15(14)22(3)17(20)11-13(24)12-23-18(21-26-19(23)25)16-9-6-10-27-16/h4-11H,12H2,1-3H3. The lowest BCUT2D eigenvalue weighted by atomic mass is 9.83. The molecule has 4 rings (SSSR count). The van der Waals surface area contributed by atoms with E-state index in [9.17, 15) is 9.59 Å². The summed E-state index contributed by atoms with van der Waals surface area (Å²) in [6.45, 7) is 4.08. The van der Waals surface area contributed by atoms with Crippen LogP contribution in [0.25, 0.3) is 10.7 Å². The zero-order valence-corrected chi connectivity index (χ0v) is 16.1. The Morgan fingerprint density at radius 2 is 2.04 bits per heavy atom. The lowest BCUT2D eigenvalue weighted by Crippen LogP contribution is -2.26. The summed E-state index contributed by atoms with van der Waals surface area (Å²) < 4.78 is 6.06. The van der Waals surface area contributed by atoms with Crippen LogP contribution in [0.15, 0.2) is 62.9 Å². The first-order valence-corrected chi connectivity index (χ1v) is 9.46. The molecule has 3 aromatic rings. The Hall–Kier alpha value is -2.93. The average molecular weight is 381 g/mol. The van der Waals surface area contributed by atoms with Crippen LogP contribution in [0.5, 0.6) is 0 Å². The highest BCUT2D eigenvalue weighted by molar-refractivity contribution is 7.13. The van der Waals surface area contributed by atoms with Crippen molar-refractivity contribution in [3.05, 3.63) is 69.7 Å². The number of carbonyl (C=O) groups is 1. The van der Waals surface area contributed by atoms with Gasteiger partial charge >= 0.3 is 5.76 Å². The number of carbonyl (C=O) groups excluding carboxylic acids is 1. The van der Waals surface area contributed by atoms with Crippen LogP contribution in [0.1, 0.15) is 19.4 Å². The van der Waals surface area contributed by atoms with Crippen LogP contribution in [-0.4, -0.2) is 22.6 Å². The van der Waals surface area contributed by atoms with Crippen LogP contribution >= 0.6 is 11.3 Å². The van der Waals surface area contributed by atoms with Gasteiger partial charge in [-0.25, -0.2) is 9.36 Å². The van der Waals surface area contributed by atoms with Crippen LogP contribution < -0.4 is 10.7 Å². The fourth-order valence-electron chi connectivity index (χ4n) is 3.60. The maximum absolute atomic E-state index is 12.8. The molecule has 2 aromatic heterocycles. The molecule has 1 aliphatic rings. The Balaban J connectivity index is 1.67. The third-order valence-corrected chi connectivity index (χ3v) is 5.85. The van der Waals surface area contributed by atoms with Crippen molar-refractivity contribution in [2.75, 3.05) is 11.9 Å². The Bertz CT molecular complexity index is 1090. The number of rotatable bonds is 4. The highest BCUT2D eigenvalue weighted by atomic mass is 32.1. The van der Waals surface area contributed by atoms with Crippen LogP contribution in [-0.2, 0) is 16.8 Å². The molecule has 0 fully saturated rings. The predicted octanol–water partition coefficient (Wildman–Crippen LogP) is 3.45. The summed E-state index contributed by atoms with van der Waals surface area (Å²) >= 11 is 1.44. The number of thiophene rings is 1. The highest BCUT2D eigenvalue weighted by Crippen LogP contribution is 2.46. The average Bonchev–Trinajstić information content (AvgIpc) is 3.33. The molecule has 0 bridgehead atoms. The molecule has 0 atom stereocenters. The lowest BCUT2D eigenvalue weighted by molar-refractivity contribution is -0.115. The van der Waals surface area contributed by atoms with E-state index in [4.69, 9.17) is 4.52 Å². The van der Waals surface area contributed by atoms with Gasteiger partial charge in [0.15, 0.2) is 11.6 Å². The number of hydrogen-bond acceptors (Lipinski definition) is 6. The van der Waals surface area contributed by atoms with Crippen LogP contribution in [0.4, 0.5) is 5.69 Å². The number of allylic oxidation sites excluding steroid dienone is 2. The minimum atomic E-state index is -0.632. The van der Waals surface area contributed by atoms with Crippen LogP contribution in [0.3, 0.4) is 0 Å². The van der Waals surface area contributed by atoms with Gasteiger partial charge < -0.3 is 4.90 Å². The Morgan fingerprint density at radius 3 is 2.74 bits per heavy atom. The van der Waals surface area contributed by atoms with Crippen molar-refractivity contribution in [1.82, 2.24) is 9.72 Å². The monoisotopic (exact) mass is 381 g/mol. The van der Waals surface area contributed by atoms with E-state index < -0.39 is 5.76 Å². The van der Waals surface area contributed by atoms with Gasteiger partial charge in [0.2, 0.25) is 0 Å². The van der Waals surface area contributed by atoms with Gasteiger partial charge in [-0.3, -0.25) is 9.32 Å². The second kappa shape index (κ2) is 6.35. The van der Waals surface area contributed by atoms with Crippen molar-refractivity contribution in [3.63, 3.8) is 0 Å². The van der Waals surface area contributed by atoms with Gasteiger partial charge in [0.05, 0.1) is 11.4 Å². The Morgan fingerprint density at radius 1 is 1.26 bits per heavy atom. The van der Waals surface area contributed by atoms with Crippen molar-refractivity contribution < 1.29 is 9.32 Å². The molecule has 0 aliphatic carbocycles. The summed E-state index contributed by atoms with van der Waals surface area (Å²) in [7, 11) is 1.95. The normalized spacial score (nSPS) is 16.7. The van der Waals surface area contributed by atoms with Crippen LogP contribution in [0, 0.1) is 0 Å². The first-order chi connectivity index (χ1) is 12.9. The smallest absolute Gasteiger partial charge is 0.347 e. The topological polar surface area (TPSA) is 68.3 Å². The first kappa shape index (κ1) is 17.5. The van der Waals surface area contributed by atoms with E-state index in [1.165, 1.54) is 21.5 Å². The van der Waals surface area contributed by atoms with Gasteiger partial charge in [0.1, 0.15) is 0 Å². The third kappa shape index (κ3) is 2.84. The molecule has 1 aliphatic heterocycles. The van der Waals surface area contributed by atoms with E-state index in [0.29, 0.717) is 5.82 Å². The zero-order chi connectivity index (χ0) is 19.2. The quantitative estimate of drug-likeness (QED) is 0.648. The van der Waals surface area contributed by atoms with Crippen molar-refractivity contribution in [1.29, 1.82) is 0 Å². The summed E-state index contributed by atoms with van der Waals surface area (Å²) in [5.74, 6) is -0.433. The maximum Gasteiger partial charge on any atom is 0.442 e. The van der Waals surface area contributed by atoms with E-state index >= 15 is 0 Å². The summed E-state index contributed by atoms with van der Waals surface area (Å²) in [4.78, 5) is 27.6. The number of ketones is 1. The summed E-state index contributed by atoms with van der Waals surface area (Å²) in [6, 6.07) is 11.8. The largest absolute Gasteiger partial charge is 0.442 e. The number of para-hydroxylation sites is 1. The number of likely N-dealkylation sites (N-methyl/N-ethyl adjacent to an activating group) is 1. The van der Waals surface area contributed by atoms with Gasteiger partial charge in [-0.05, 0) is 23.1 Å². The molecule has 0 unspecified atom stereocenters. The molecular weight excluding hydrogens is 362 g/mol. The molecule has 0 radical (unpaired) electrons. The second-order valence-corrected chi connectivity index (χ2v) is 7.98. The minimum Gasteiger partial charge on any atom is -0.347 e. The molecule has 7 heteroatoms.